The molecule has 8 heteroatoms. The van der Waals surface area contributed by atoms with Gasteiger partial charge in [-0.15, -0.1) is 0 Å². The average molecular weight is 547 g/mol. The molecular formula is C32H42N4O4. The minimum atomic E-state index is -1.06. The second-order valence-corrected chi connectivity index (χ2v) is 11.6. The predicted molar refractivity (Wildman–Crippen MR) is 154 cm³/mol. The highest BCUT2D eigenvalue weighted by Gasteiger charge is 2.38. The van der Waals surface area contributed by atoms with Crippen molar-refractivity contribution in [3.05, 3.63) is 70.8 Å². The van der Waals surface area contributed by atoms with E-state index in [4.69, 9.17) is 4.74 Å². The van der Waals surface area contributed by atoms with Gasteiger partial charge in [0.15, 0.2) is 0 Å². The lowest BCUT2D eigenvalue weighted by atomic mass is 9.91. The Balaban J connectivity index is 2.03. The number of rotatable bonds is 9. The van der Waals surface area contributed by atoms with Crippen LogP contribution >= 0.6 is 0 Å². The Morgan fingerprint density at radius 3 is 2.20 bits per heavy atom. The molecular weight excluding hydrogens is 504 g/mol. The fourth-order valence-corrected chi connectivity index (χ4v) is 5.29. The Labute approximate surface area is 238 Å². The van der Waals surface area contributed by atoms with Crippen molar-refractivity contribution in [2.24, 2.45) is 0 Å². The quantitative estimate of drug-likeness (QED) is 0.416. The van der Waals surface area contributed by atoms with Crippen molar-refractivity contribution in [3.63, 3.8) is 0 Å². The van der Waals surface area contributed by atoms with E-state index in [-0.39, 0.29) is 24.9 Å². The summed E-state index contributed by atoms with van der Waals surface area (Å²) in [6.07, 6.45) is 4.42. The second-order valence-electron chi connectivity index (χ2n) is 11.6. The van der Waals surface area contributed by atoms with Gasteiger partial charge in [0.1, 0.15) is 24.2 Å². The molecule has 0 radical (unpaired) electrons. The number of ether oxygens (including phenoxy) is 1. The highest BCUT2D eigenvalue weighted by molar-refractivity contribution is 5.93. The summed E-state index contributed by atoms with van der Waals surface area (Å²) in [4.78, 5) is 42.4. The Kier molecular flexibility index (Phi) is 10.7. The third kappa shape index (κ3) is 8.57. The van der Waals surface area contributed by atoms with Gasteiger partial charge in [-0.3, -0.25) is 9.59 Å². The van der Waals surface area contributed by atoms with Crippen LogP contribution in [0.1, 0.15) is 81.2 Å². The largest absolute Gasteiger partial charge is 0.444 e. The summed E-state index contributed by atoms with van der Waals surface area (Å²) in [5.41, 5.74) is 2.44. The molecule has 8 nitrogen and oxygen atoms in total. The van der Waals surface area contributed by atoms with E-state index < -0.39 is 29.7 Å². The zero-order valence-electron chi connectivity index (χ0n) is 24.3. The maximum atomic E-state index is 14.3. The highest BCUT2D eigenvalue weighted by Crippen LogP contribution is 2.30. The van der Waals surface area contributed by atoms with Crippen molar-refractivity contribution in [2.45, 2.75) is 96.9 Å². The second kappa shape index (κ2) is 14.0. The Morgan fingerprint density at radius 2 is 1.62 bits per heavy atom. The number of hydrogen-bond acceptors (Lipinski definition) is 5. The molecule has 1 saturated carbocycles. The number of carbonyl (C=O) groups is 3. The van der Waals surface area contributed by atoms with Crippen LogP contribution in [0.3, 0.4) is 0 Å². The van der Waals surface area contributed by atoms with Gasteiger partial charge in [-0.25, -0.2) is 4.79 Å². The maximum absolute atomic E-state index is 14.3. The summed E-state index contributed by atoms with van der Waals surface area (Å²) < 4.78 is 5.46. The molecule has 0 aromatic heterocycles. The molecule has 40 heavy (non-hydrogen) atoms. The summed E-state index contributed by atoms with van der Waals surface area (Å²) in [6.45, 7) is 8.72. The number of benzene rings is 2. The smallest absolute Gasteiger partial charge is 0.408 e. The lowest BCUT2D eigenvalue weighted by molar-refractivity contribution is -0.142. The molecule has 2 N–H and O–H groups in total. The minimum Gasteiger partial charge on any atom is -0.444 e. The Bertz CT molecular complexity index is 1190. The van der Waals surface area contributed by atoms with Crippen LogP contribution in [0.25, 0.3) is 0 Å². The first-order valence-corrected chi connectivity index (χ1v) is 14.1. The van der Waals surface area contributed by atoms with E-state index >= 15 is 0 Å². The molecule has 2 aromatic rings. The molecule has 1 aliphatic carbocycles. The molecule has 0 heterocycles. The number of nitrogens with one attached hydrogen (secondary N) is 2. The molecule has 0 aliphatic heterocycles. The summed E-state index contributed by atoms with van der Waals surface area (Å²) in [6, 6.07) is 15.0. The predicted octanol–water partition coefficient (Wildman–Crippen LogP) is 5.28. The number of nitriles is 1. The SMILES string of the molecule is Cc1cccc(C)c1C(C(=O)NC1CCCCC1)N(CC#N)C(=O)C(Cc1ccccc1)NC(=O)OC(C)(C)C. The summed E-state index contributed by atoms with van der Waals surface area (Å²) in [5.74, 6) is -0.841. The fraction of sp³-hybridized carbons (Fsp3) is 0.500. The molecule has 2 aromatic carbocycles. The third-order valence-corrected chi connectivity index (χ3v) is 7.12. The van der Waals surface area contributed by atoms with E-state index in [1.165, 1.54) is 4.90 Å². The van der Waals surface area contributed by atoms with Gasteiger partial charge in [0, 0.05) is 12.5 Å². The van der Waals surface area contributed by atoms with Gasteiger partial charge in [-0.1, -0.05) is 67.8 Å². The van der Waals surface area contributed by atoms with E-state index in [0.29, 0.717) is 5.56 Å². The number of aryl methyl sites for hydroxylation is 2. The van der Waals surface area contributed by atoms with Crippen LogP contribution in [-0.4, -0.2) is 47.0 Å². The fourth-order valence-electron chi connectivity index (χ4n) is 5.29. The van der Waals surface area contributed by atoms with Crippen LogP contribution < -0.4 is 10.6 Å². The monoisotopic (exact) mass is 546 g/mol. The van der Waals surface area contributed by atoms with E-state index in [2.05, 4.69) is 16.7 Å². The average Bonchev–Trinajstić information content (AvgIpc) is 2.89. The van der Waals surface area contributed by atoms with Crippen LogP contribution in [0.2, 0.25) is 0 Å². The number of alkyl carbamates (subject to hydrolysis) is 1. The normalized spacial score (nSPS) is 15.3. The third-order valence-electron chi connectivity index (χ3n) is 7.12. The maximum Gasteiger partial charge on any atom is 0.408 e. The number of nitrogens with zero attached hydrogens (tertiary/aromatic N) is 2. The molecule has 1 fully saturated rings. The van der Waals surface area contributed by atoms with Crippen molar-refractivity contribution < 1.29 is 19.1 Å². The highest BCUT2D eigenvalue weighted by atomic mass is 16.6. The van der Waals surface area contributed by atoms with Crippen LogP contribution in [0.15, 0.2) is 48.5 Å². The van der Waals surface area contributed by atoms with Crippen LogP contribution in [0.4, 0.5) is 4.79 Å². The molecule has 1 aliphatic rings. The van der Waals surface area contributed by atoms with E-state index in [9.17, 15) is 19.6 Å². The van der Waals surface area contributed by atoms with E-state index in [0.717, 1.165) is 48.8 Å². The van der Waals surface area contributed by atoms with Gasteiger partial charge in [0.25, 0.3) is 0 Å². The first kappa shape index (κ1) is 30.7. The van der Waals surface area contributed by atoms with E-state index in [1.54, 1.807) is 20.8 Å². The van der Waals surface area contributed by atoms with Crippen LogP contribution in [0.5, 0.6) is 0 Å². The topological polar surface area (TPSA) is 112 Å². The number of amides is 3. The first-order valence-electron chi connectivity index (χ1n) is 14.1. The molecule has 0 bridgehead atoms. The van der Waals surface area contributed by atoms with Gasteiger partial charge in [-0.05, 0) is 69.7 Å². The molecule has 0 spiro atoms. The number of hydrogen-bond donors (Lipinski definition) is 2. The van der Waals surface area contributed by atoms with Gasteiger partial charge in [-0.2, -0.15) is 5.26 Å². The number of carbonyl (C=O) groups excluding carboxylic acids is 3. The van der Waals surface area contributed by atoms with Crippen molar-refractivity contribution in [1.29, 1.82) is 5.26 Å². The summed E-state index contributed by atoms with van der Waals surface area (Å²) >= 11 is 0. The van der Waals surface area contributed by atoms with Crippen molar-refractivity contribution in [1.82, 2.24) is 15.5 Å². The molecule has 214 valence electrons. The van der Waals surface area contributed by atoms with Crippen molar-refractivity contribution in [3.8, 4) is 6.07 Å². The van der Waals surface area contributed by atoms with Gasteiger partial charge in [0.2, 0.25) is 11.8 Å². The Hall–Kier alpha value is -3.86. The zero-order chi connectivity index (χ0) is 29.3. The zero-order valence-corrected chi connectivity index (χ0v) is 24.3. The first-order chi connectivity index (χ1) is 19.0. The lowest BCUT2D eigenvalue weighted by Gasteiger charge is -2.35. The Morgan fingerprint density at radius 1 is 1.00 bits per heavy atom. The van der Waals surface area contributed by atoms with Gasteiger partial charge in [0.05, 0.1) is 6.07 Å². The van der Waals surface area contributed by atoms with E-state index in [1.807, 2.05) is 62.4 Å². The summed E-state index contributed by atoms with van der Waals surface area (Å²) in [7, 11) is 0. The lowest BCUT2D eigenvalue weighted by Crippen LogP contribution is -2.54. The van der Waals surface area contributed by atoms with Gasteiger partial charge < -0.3 is 20.3 Å². The van der Waals surface area contributed by atoms with Crippen LogP contribution in [-0.2, 0) is 20.7 Å². The molecule has 3 rings (SSSR count). The molecule has 2 unspecified atom stereocenters. The standard InChI is InChI=1S/C32H42N4O4/c1-22-13-12-14-23(2)27(22)28(29(37)34-25-17-10-7-11-18-25)36(20-19-33)30(38)26(21-24-15-8-6-9-16-24)35-31(39)40-32(3,4)5/h6,8-9,12-16,25-26,28H,7,10-11,17-18,20-21H2,1-5H3,(H,34,37)(H,35,39). The minimum absolute atomic E-state index is 0.0205. The van der Waals surface area contributed by atoms with Gasteiger partial charge >= 0.3 is 6.09 Å². The summed E-state index contributed by atoms with van der Waals surface area (Å²) in [5, 5.41) is 15.7. The van der Waals surface area contributed by atoms with Crippen molar-refractivity contribution >= 4 is 17.9 Å². The molecule has 3 amide bonds. The molecule has 2 atom stereocenters. The van der Waals surface area contributed by atoms with Crippen molar-refractivity contribution in [2.75, 3.05) is 6.54 Å². The van der Waals surface area contributed by atoms with Crippen LogP contribution in [0, 0.1) is 25.2 Å². The molecule has 0 saturated heterocycles.